The van der Waals surface area contributed by atoms with Gasteiger partial charge in [0.15, 0.2) is 0 Å². The monoisotopic (exact) mass is 263 g/mol. The largest absolute Gasteiger partial charge is 0.391 e. The standard InChI is InChI=1S/C9H14BrNOS/c1-5(2)9(12)8(11)6-3-4-7(10)13-6/h3-5,8-9,12H,11H2,1-2H3. The van der Waals surface area contributed by atoms with E-state index in [1.54, 1.807) is 11.3 Å². The lowest BCUT2D eigenvalue weighted by atomic mass is 9.99. The molecule has 0 aromatic carbocycles. The molecular weight excluding hydrogens is 250 g/mol. The van der Waals surface area contributed by atoms with Crippen molar-refractivity contribution in [2.45, 2.75) is 26.0 Å². The molecule has 1 aromatic rings. The van der Waals surface area contributed by atoms with Crippen molar-refractivity contribution in [3.05, 3.63) is 20.8 Å². The lowest BCUT2D eigenvalue weighted by molar-refractivity contribution is 0.0991. The smallest absolute Gasteiger partial charge is 0.0763 e. The molecule has 0 aliphatic carbocycles. The zero-order chi connectivity index (χ0) is 10.0. The predicted molar refractivity (Wildman–Crippen MR) is 59.8 cm³/mol. The molecule has 1 rings (SSSR count). The van der Waals surface area contributed by atoms with Gasteiger partial charge in [-0.15, -0.1) is 11.3 Å². The first kappa shape index (κ1) is 11.2. The average molecular weight is 264 g/mol. The fourth-order valence-corrected chi connectivity index (χ4v) is 2.56. The molecule has 4 heteroatoms. The summed E-state index contributed by atoms with van der Waals surface area (Å²) in [6.45, 7) is 3.93. The molecular formula is C9H14BrNOS. The summed E-state index contributed by atoms with van der Waals surface area (Å²) in [6, 6.07) is 3.63. The molecule has 0 bridgehead atoms. The Kier molecular flexibility index (Phi) is 3.91. The summed E-state index contributed by atoms with van der Waals surface area (Å²) in [7, 11) is 0. The number of halogens is 1. The van der Waals surface area contributed by atoms with Crippen LogP contribution in [0.3, 0.4) is 0 Å². The Morgan fingerprint density at radius 2 is 2.08 bits per heavy atom. The van der Waals surface area contributed by atoms with E-state index in [0.717, 1.165) is 8.66 Å². The molecule has 2 nitrogen and oxygen atoms in total. The minimum Gasteiger partial charge on any atom is -0.391 e. The van der Waals surface area contributed by atoms with Crippen molar-refractivity contribution in [2.24, 2.45) is 11.7 Å². The van der Waals surface area contributed by atoms with E-state index in [1.165, 1.54) is 0 Å². The molecule has 0 spiro atoms. The first-order chi connectivity index (χ1) is 6.02. The van der Waals surface area contributed by atoms with Gasteiger partial charge in [-0.05, 0) is 34.0 Å². The van der Waals surface area contributed by atoms with Crippen molar-refractivity contribution in [1.29, 1.82) is 0 Å². The molecule has 0 saturated carbocycles. The summed E-state index contributed by atoms with van der Waals surface area (Å²) in [5.74, 6) is 0.191. The Morgan fingerprint density at radius 1 is 1.46 bits per heavy atom. The normalized spacial score (nSPS) is 16.2. The molecule has 2 atom stereocenters. The first-order valence-corrected chi connectivity index (χ1v) is 5.82. The van der Waals surface area contributed by atoms with Crippen molar-refractivity contribution in [3.8, 4) is 0 Å². The lowest BCUT2D eigenvalue weighted by Crippen LogP contribution is -2.29. The van der Waals surface area contributed by atoms with Gasteiger partial charge in [-0.2, -0.15) is 0 Å². The van der Waals surface area contributed by atoms with Gasteiger partial charge in [-0.3, -0.25) is 0 Å². The second-order valence-electron chi connectivity index (χ2n) is 3.40. The molecule has 0 aliphatic rings. The predicted octanol–water partition coefficient (Wildman–Crippen LogP) is 2.53. The maximum atomic E-state index is 9.72. The summed E-state index contributed by atoms with van der Waals surface area (Å²) in [6.07, 6.45) is -0.467. The third-order valence-corrected chi connectivity index (χ3v) is 3.70. The number of rotatable bonds is 3. The van der Waals surface area contributed by atoms with Crippen LogP contribution in [0.1, 0.15) is 24.8 Å². The third-order valence-electron chi connectivity index (χ3n) is 1.97. The Morgan fingerprint density at radius 3 is 2.46 bits per heavy atom. The zero-order valence-corrected chi connectivity index (χ0v) is 10.1. The van der Waals surface area contributed by atoms with Gasteiger partial charge in [0, 0.05) is 4.88 Å². The minimum atomic E-state index is -0.467. The zero-order valence-electron chi connectivity index (χ0n) is 7.70. The fourth-order valence-electron chi connectivity index (χ4n) is 1.09. The molecule has 74 valence electrons. The lowest BCUT2D eigenvalue weighted by Gasteiger charge is -2.20. The molecule has 0 radical (unpaired) electrons. The highest BCUT2D eigenvalue weighted by molar-refractivity contribution is 9.11. The number of hydrogen-bond acceptors (Lipinski definition) is 3. The summed E-state index contributed by atoms with van der Waals surface area (Å²) in [5, 5.41) is 9.72. The van der Waals surface area contributed by atoms with Crippen LogP contribution >= 0.6 is 27.3 Å². The van der Waals surface area contributed by atoms with Crippen LogP contribution in [0, 0.1) is 5.92 Å². The van der Waals surface area contributed by atoms with Crippen molar-refractivity contribution >= 4 is 27.3 Å². The highest BCUT2D eigenvalue weighted by atomic mass is 79.9. The number of thiophene rings is 1. The van der Waals surface area contributed by atoms with Crippen LogP contribution in [0.5, 0.6) is 0 Å². The van der Waals surface area contributed by atoms with Gasteiger partial charge in [0.2, 0.25) is 0 Å². The highest BCUT2D eigenvalue weighted by Crippen LogP contribution is 2.29. The minimum absolute atomic E-state index is 0.191. The van der Waals surface area contributed by atoms with E-state index < -0.39 is 6.10 Å². The maximum Gasteiger partial charge on any atom is 0.0763 e. The topological polar surface area (TPSA) is 46.2 Å². The van der Waals surface area contributed by atoms with Crippen LogP contribution in [-0.2, 0) is 0 Å². The summed E-state index contributed by atoms with van der Waals surface area (Å²) in [4.78, 5) is 1.02. The second kappa shape index (κ2) is 4.55. The van der Waals surface area contributed by atoms with Crippen LogP contribution in [0.2, 0.25) is 0 Å². The summed E-state index contributed by atoms with van der Waals surface area (Å²) < 4.78 is 1.05. The van der Waals surface area contributed by atoms with Gasteiger partial charge < -0.3 is 10.8 Å². The van der Waals surface area contributed by atoms with E-state index >= 15 is 0 Å². The number of aliphatic hydroxyl groups excluding tert-OH is 1. The Balaban J connectivity index is 2.73. The average Bonchev–Trinajstić information content (AvgIpc) is 2.49. The molecule has 13 heavy (non-hydrogen) atoms. The van der Waals surface area contributed by atoms with E-state index in [0.29, 0.717) is 0 Å². The molecule has 3 N–H and O–H groups in total. The SMILES string of the molecule is CC(C)C(O)C(N)c1ccc(Br)s1. The van der Waals surface area contributed by atoms with E-state index in [2.05, 4.69) is 15.9 Å². The van der Waals surface area contributed by atoms with E-state index in [-0.39, 0.29) is 12.0 Å². The second-order valence-corrected chi connectivity index (χ2v) is 5.90. The Hall–Kier alpha value is 0.1000. The molecule has 0 saturated heterocycles. The van der Waals surface area contributed by atoms with Gasteiger partial charge in [-0.25, -0.2) is 0 Å². The molecule has 2 unspecified atom stereocenters. The molecule has 1 aromatic heterocycles. The Labute approximate surface area is 90.9 Å². The number of hydrogen-bond donors (Lipinski definition) is 2. The van der Waals surface area contributed by atoms with Crippen LogP contribution in [0.15, 0.2) is 15.9 Å². The van der Waals surface area contributed by atoms with Gasteiger partial charge in [-0.1, -0.05) is 13.8 Å². The number of aliphatic hydroxyl groups is 1. The highest BCUT2D eigenvalue weighted by Gasteiger charge is 2.21. The molecule has 0 fully saturated rings. The van der Waals surface area contributed by atoms with Gasteiger partial charge in [0.05, 0.1) is 15.9 Å². The quantitative estimate of drug-likeness (QED) is 0.881. The van der Waals surface area contributed by atoms with Crippen LogP contribution in [0.4, 0.5) is 0 Å². The number of nitrogens with two attached hydrogens (primary N) is 1. The first-order valence-electron chi connectivity index (χ1n) is 4.21. The van der Waals surface area contributed by atoms with Crippen molar-refractivity contribution in [3.63, 3.8) is 0 Å². The van der Waals surface area contributed by atoms with Crippen LogP contribution in [-0.4, -0.2) is 11.2 Å². The maximum absolute atomic E-state index is 9.72. The van der Waals surface area contributed by atoms with Crippen molar-refractivity contribution < 1.29 is 5.11 Å². The summed E-state index contributed by atoms with van der Waals surface area (Å²) in [5.41, 5.74) is 5.89. The van der Waals surface area contributed by atoms with Crippen molar-refractivity contribution in [2.75, 3.05) is 0 Å². The van der Waals surface area contributed by atoms with Crippen LogP contribution < -0.4 is 5.73 Å². The van der Waals surface area contributed by atoms with Gasteiger partial charge >= 0.3 is 0 Å². The molecule has 0 amide bonds. The van der Waals surface area contributed by atoms with Crippen molar-refractivity contribution in [1.82, 2.24) is 0 Å². The summed E-state index contributed by atoms with van der Waals surface area (Å²) >= 11 is 4.94. The molecule has 0 aliphatic heterocycles. The third kappa shape index (κ3) is 2.77. The van der Waals surface area contributed by atoms with Gasteiger partial charge in [0.1, 0.15) is 0 Å². The van der Waals surface area contributed by atoms with E-state index in [9.17, 15) is 5.11 Å². The van der Waals surface area contributed by atoms with Gasteiger partial charge in [0.25, 0.3) is 0 Å². The Bertz CT molecular complexity index is 274. The van der Waals surface area contributed by atoms with E-state index in [1.807, 2.05) is 26.0 Å². The van der Waals surface area contributed by atoms with Crippen LogP contribution in [0.25, 0.3) is 0 Å². The fraction of sp³-hybridized carbons (Fsp3) is 0.556. The van der Waals surface area contributed by atoms with E-state index in [4.69, 9.17) is 5.73 Å². The molecule has 1 heterocycles.